The van der Waals surface area contributed by atoms with Crippen molar-refractivity contribution in [2.45, 2.75) is 19.4 Å². The van der Waals surface area contributed by atoms with Crippen molar-refractivity contribution in [2.75, 3.05) is 0 Å². The average molecular weight is 371 g/mol. The predicted octanol–water partition coefficient (Wildman–Crippen LogP) is 5.12. The molecule has 1 unspecified atom stereocenters. The summed E-state index contributed by atoms with van der Waals surface area (Å²) in [6.07, 6.45) is 0.682. The summed E-state index contributed by atoms with van der Waals surface area (Å²) in [7, 11) is 0. The van der Waals surface area contributed by atoms with Crippen molar-refractivity contribution < 1.29 is 9.18 Å². The second-order valence-corrected chi connectivity index (χ2v) is 5.88. The van der Waals surface area contributed by atoms with Crippen LogP contribution in [0.4, 0.5) is 4.39 Å². The Morgan fingerprint density at radius 2 is 2.05 bits per heavy atom. The van der Waals surface area contributed by atoms with E-state index in [1.807, 2.05) is 19.1 Å². The van der Waals surface area contributed by atoms with Crippen LogP contribution in [0.2, 0.25) is 5.02 Å². The van der Waals surface area contributed by atoms with Crippen LogP contribution in [0.15, 0.2) is 46.9 Å². The van der Waals surface area contributed by atoms with Gasteiger partial charge in [0.05, 0.1) is 16.1 Å². The van der Waals surface area contributed by atoms with Crippen molar-refractivity contribution in [3.8, 4) is 0 Å². The van der Waals surface area contributed by atoms with Gasteiger partial charge in [-0.2, -0.15) is 0 Å². The number of carbonyl (C=O) groups excluding carboxylic acids is 1. The number of benzene rings is 2. The minimum atomic E-state index is -0.559. The Morgan fingerprint density at radius 3 is 2.71 bits per heavy atom. The van der Waals surface area contributed by atoms with E-state index >= 15 is 0 Å². The van der Waals surface area contributed by atoms with Gasteiger partial charge in [0, 0.05) is 5.02 Å². The van der Waals surface area contributed by atoms with Crippen molar-refractivity contribution >= 4 is 33.4 Å². The minimum Gasteiger partial charge on any atom is -0.345 e. The fourth-order valence-corrected chi connectivity index (χ4v) is 2.62. The zero-order chi connectivity index (χ0) is 15.4. The first kappa shape index (κ1) is 16.0. The van der Waals surface area contributed by atoms with Gasteiger partial charge in [0.1, 0.15) is 5.82 Å². The van der Waals surface area contributed by atoms with Crippen LogP contribution in [-0.2, 0) is 0 Å². The van der Waals surface area contributed by atoms with Crippen LogP contribution in [0.3, 0.4) is 0 Å². The molecule has 0 bridgehead atoms. The van der Waals surface area contributed by atoms with Gasteiger partial charge in [-0.25, -0.2) is 4.39 Å². The van der Waals surface area contributed by atoms with Gasteiger partial charge in [-0.1, -0.05) is 36.7 Å². The maximum Gasteiger partial charge on any atom is 0.254 e. The molecule has 0 fully saturated rings. The molecular formula is C16H14BrClFNO. The van der Waals surface area contributed by atoms with Crippen LogP contribution < -0.4 is 5.32 Å². The van der Waals surface area contributed by atoms with E-state index in [4.69, 9.17) is 11.6 Å². The van der Waals surface area contributed by atoms with Crippen LogP contribution in [0.1, 0.15) is 35.3 Å². The molecule has 1 N–H and O–H groups in total. The molecule has 1 amide bonds. The lowest BCUT2D eigenvalue weighted by molar-refractivity contribution is 0.0931. The molecule has 2 nitrogen and oxygen atoms in total. The molecule has 5 heteroatoms. The summed E-state index contributed by atoms with van der Waals surface area (Å²) in [5.41, 5.74) is 0.915. The first-order chi connectivity index (χ1) is 10.0. The Labute approximate surface area is 136 Å². The quantitative estimate of drug-likeness (QED) is 0.795. The Bertz CT molecular complexity index is 662. The minimum absolute atomic E-state index is 0.0184. The topological polar surface area (TPSA) is 29.1 Å². The smallest absolute Gasteiger partial charge is 0.254 e. The molecule has 2 aromatic carbocycles. The van der Waals surface area contributed by atoms with Crippen molar-refractivity contribution in [3.63, 3.8) is 0 Å². The summed E-state index contributed by atoms with van der Waals surface area (Å²) in [5, 5.41) is 3.44. The normalized spacial score (nSPS) is 12.0. The molecule has 21 heavy (non-hydrogen) atoms. The van der Waals surface area contributed by atoms with Crippen LogP contribution in [0.25, 0.3) is 0 Å². The zero-order valence-electron chi connectivity index (χ0n) is 11.4. The Kier molecular flexibility index (Phi) is 5.37. The number of hydrogen-bond acceptors (Lipinski definition) is 1. The predicted molar refractivity (Wildman–Crippen MR) is 86.1 cm³/mol. The van der Waals surface area contributed by atoms with E-state index in [1.165, 1.54) is 6.07 Å². The molecule has 1 atom stereocenters. The summed E-state index contributed by atoms with van der Waals surface area (Å²) < 4.78 is 14.2. The van der Waals surface area contributed by atoms with Crippen molar-refractivity contribution in [2.24, 2.45) is 0 Å². The summed E-state index contributed by atoms with van der Waals surface area (Å²) >= 11 is 9.05. The highest BCUT2D eigenvalue weighted by Gasteiger charge is 2.18. The monoisotopic (exact) mass is 369 g/mol. The van der Waals surface area contributed by atoms with E-state index in [0.29, 0.717) is 11.4 Å². The SMILES string of the molecule is CCC(NC(=O)c1cccc(Br)c1F)c1cccc(Cl)c1. The molecule has 0 aliphatic rings. The fraction of sp³-hybridized carbons (Fsp3) is 0.188. The lowest BCUT2D eigenvalue weighted by Crippen LogP contribution is -2.29. The molecule has 0 heterocycles. The standard InChI is InChI=1S/C16H14BrClFNO/c1-2-14(10-5-3-6-11(18)9-10)20-16(21)12-7-4-8-13(17)15(12)19/h3-9,14H,2H2,1H3,(H,20,21). The average Bonchev–Trinajstić information content (AvgIpc) is 2.47. The zero-order valence-corrected chi connectivity index (χ0v) is 13.7. The van der Waals surface area contributed by atoms with Gasteiger partial charge in [0.15, 0.2) is 0 Å². The molecule has 0 spiro atoms. The molecule has 2 rings (SSSR count). The first-order valence-corrected chi connectivity index (χ1v) is 7.70. The second-order valence-electron chi connectivity index (χ2n) is 4.59. The van der Waals surface area contributed by atoms with Crippen LogP contribution in [-0.4, -0.2) is 5.91 Å². The maximum atomic E-state index is 13.9. The summed E-state index contributed by atoms with van der Waals surface area (Å²) in [4.78, 5) is 12.2. The summed E-state index contributed by atoms with van der Waals surface area (Å²) in [5.74, 6) is -1.00. The van der Waals surface area contributed by atoms with Crippen molar-refractivity contribution in [1.82, 2.24) is 5.32 Å². The highest BCUT2D eigenvalue weighted by molar-refractivity contribution is 9.10. The number of carbonyl (C=O) groups is 1. The molecule has 2 aromatic rings. The summed E-state index contributed by atoms with van der Waals surface area (Å²) in [6.45, 7) is 1.95. The van der Waals surface area contributed by atoms with Gasteiger partial charge < -0.3 is 5.32 Å². The lowest BCUT2D eigenvalue weighted by Gasteiger charge is -2.18. The molecule has 0 saturated heterocycles. The maximum absolute atomic E-state index is 13.9. The van der Waals surface area contributed by atoms with Crippen molar-refractivity contribution in [1.29, 1.82) is 0 Å². The molecule has 110 valence electrons. The van der Waals surface area contributed by atoms with Crippen LogP contribution in [0.5, 0.6) is 0 Å². The van der Waals surface area contributed by atoms with Crippen LogP contribution in [0, 0.1) is 5.82 Å². The second kappa shape index (κ2) is 7.05. The number of rotatable bonds is 4. The first-order valence-electron chi connectivity index (χ1n) is 6.53. The Morgan fingerprint density at radius 1 is 1.33 bits per heavy atom. The fourth-order valence-electron chi connectivity index (χ4n) is 2.06. The largest absolute Gasteiger partial charge is 0.345 e. The van der Waals surface area contributed by atoms with E-state index in [1.54, 1.807) is 24.3 Å². The Balaban J connectivity index is 2.22. The number of halogens is 3. The third-order valence-corrected chi connectivity index (χ3v) is 4.01. The highest BCUT2D eigenvalue weighted by Crippen LogP contribution is 2.23. The van der Waals surface area contributed by atoms with Gasteiger partial charge in [0.25, 0.3) is 5.91 Å². The lowest BCUT2D eigenvalue weighted by atomic mass is 10.0. The molecule has 0 saturated carbocycles. The van der Waals surface area contributed by atoms with Gasteiger partial charge >= 0.3 is 0 Å². The molecule has 0 aromatic heterocycles. The van der Waals surface area contributed by atoms with Gasteiger partial charge in [-0.15, -0.1) is 0 Å². The van der Waals surface area contributed by atoms with Crippen LogP contribution >= 0.6 is 27.5 Å². The molecule has 0 radical (unpaired) electrons. The molecule has 0 aliphatic heterocycles. The molecular weight excluding hydrogens is 357 g/mol. The van der Waals surface area contributed by atoms with E-state index in [0.717, 1.165) is 5.56 Å². The summed E-state index contributed by atoms with van der Waals surface area (Å²) in [6, 6.07) is 11.7. The van der Waals surface area contributed by atoms with Crippen molar-refractivity contribution in [3.05, 3.63) is 68.9 Å². The van der Waals surface area contributed by atoms with Gasteiger partial charge in [-0.3, -0.25) is 4.79 Å². The van der Waals surface area contributed by atoms with E-state index in [2.05, 4.69) is 21.2 Å². The van der Waals surface area contributed by atoms with E-state index in [9.17, 15) is 9.18 Å². The van der Waals surface area contributed by atoms with E-state index in [-0.39, 0.29) is 16.1 Å². The number of nitrogens with one attached hydrogen (secondary N) is 1. The molecule has 0 aliphatic carbocycles. The van der Waals surface area contributed by atoms with Gasteiger partial charge in [-0.05, 0) is 52.2 Å². The third-order valence-electron chi connectivity index (χ3n) is 3.16. The van der Waals surface area contributed by atoms with Gasteiger partial charge in [0.2, 0.25) is 0 Å². The van der Waals surface area contributed by atoms with E-state index < -0.39 is 11.7 Å². The number of amides is 1. The highest BCUT2D eigenvalue weighted by atomic mass is 79.9. The number of hydrogen-bond donors (Lipinski definition) is 1. The Hall–Kier alpha value is -1.39. The third kappa shape index (κ3) is 3.83.